The summed E-state index contributed by atoms with van der Waals surface area (Å²) in [7, 11) is 2.05. The minimum atomic E-state index is 0. The van der Waals surface area contributed by atoms with Crippen LogP contribution in [-0.2, 0) is 13.0 Å². The molecule has 5 heteroatoms. The molecule has 0 spiro atoms. The van der Waals surface area contributed by atoms with Gasteiger partial charge in [0, 0.05) is 23.0 Å². The molecule has 118 valence electrons. The lowest BCUT2D eigenvalue weighted by atomic mass is 9.96. The molecule has 0 aromatic heterocycles. The van der Waals surface area contributed by atoms with Gasteiger partial charge in [0.2, 0.25) is 0 Å². The van der Waals surface area contributed by atoms with Crippen molar-refractivity contribution in [2.45, 2.75) is 25.8 Å². The summed E-state index contributed by atoms with van der Waals surface area (Å²) < 4.78 is 7.01. The number of halogens is 2. The Hall–Kier alpha value is -0.290. The molecule has 21 heavy (non-hydrogen) atoms. The average molecular weight is 376 g/mol. The number of benzene rings is 1. The molecule has 1 saturated heterocycles. The molecule has 0 aliphatic carbocycles. The molecule has 2 heterocycles. The van der Waals surface area contributed by atoms with Crippen molar-refractivity contribution in [1.29, 1.82) is 0 Å². The smallest absolute Gasteiger partial charge is 0.127 e. The summed E-state index contributed by atoms with van der Waals surface area (Å²) in [6.45, 7) is 5.42. The Balaban J connectivity index is 0.00000161. The van der Waals surface area contributed by atoms with E-state index in [9.17, 15) is 0 Å². The van der Waals surface area contributed by atoms with Crippen LogP contribution in [0.4, 0.5) is 0 Å². The molecule has 3 nitrogen and oxygen atoms in total. The van der Waals surface area contributed by atoms with Crippen molar-refractivity contribution < 1.29 is 4.74 Å². The molecule has 0 unspecified atom stereocenters. The van der Waals surface area contributed by atoms with Gasteiger partial charge in [0.25, 0.3) is 0 Å². The number of hydrogen-bond acceptors (Lipinski definition) is 3. The predicted octanol–water partition coefficient (Wildman–Crippen LogP) is 3.24. The lowest BCUT2D eigenvalue weighted by Crippen LogP contribution is -2.36. The molecule has 1 aromatic rings. The van der Waals surface area contributed by atoms with Crippen LogP contribution in [0.5, 0.6) is 5.75 Å². The first kappa shape index (κ1) is 17.1. The van der Waals surface area contributed by atoms with Gasteiger partial charge in [0.1, 0.15) is 5.75 Å². The third-order valence-corrected chi connectivity index (χ3v) is 4.88. The van der Waals surface area contributed by atoms with Crippen LogP contribution < -0.4 is 10.1 Å². The fourth-order valence-electron chi connectivity index (χ4n) is 3.34. The molecular formula is C16H24BrClN2O. The van der Waals surface area contributed by atoms with Crippen molar-refractivity contribution in [3.8, 4) is 5.75 Å². The van der Waals surface area contributed by atoms with Gasteiger partial charge < -0.3 is 10.1 Å². The first-order valence-electron chi connectivity index (χ1n) is 7.57. The molecule has 1 aromatic carbocycles. The Bertz CT molecular complexity index is 476. The van der Waals surface area contributed by atoms with Gasteiger partial charge in [-0.1, -0.05) is 15.9 Å². The zero-order valence-corrected chi connectivity index (χ0v) is 14.9. The number of fused-ring (bicyclic) bond motifs is 1. The maximum atomic E-state index is 5.83. The van der Waals surface area contributed by atoms with Gasteiger partial charge in [-0.15, -0.1) is 12.4 Å². The van der Waals surface area contributed by atoms with Gasteiger partial charge in [-0.3, -0.25) is 4.90 Å². The molecule has 0 atom stereocenters. The topological polar surface area (TPSA) is 24.5 Å². The Morgan fingerprint density at radius 1 is 1.33 bits per heavy atom. The van der Waals surface area contributed by atoms with Gasteiger partial charge >= 0.3 is 0 Å². The monoisotopic (exact) mass is 374 g/mol. The highest BCUT2D eigenvalue weighted by molar-refractivity contribution is 9.10. The number of likely N-dealkylation sites (tertiary alicyclic amines) is 1. The predicted molar refractivity (Wildman–Crippen MR) is 92.5 cm³/mol. The van der Waals surface area contributed by atoms with Crippen LogP contribution in [0.1, 0.15) is 24.0 Å². The third-order valence-electron chi connectivity index (χ3n) is 4.42. The lowest BCUT2D eigenvalue weighted by molar-refractivity contribution is 0.175. The van der Waals surface area contributed by atoms with E-state index in [0.717, 1.165) is 37.8 Å². The first-order chi connectivity index (χ1) is 9.76. The highest BCUT2D eigenvalue weighted by Gasteiger charge is 2.22. The van der Waals surface area contributed by atoms with E-state index < -0.39 is 0 Å². The minimum Gasteiger partial charge on any atom is -0.493 e. The molecule has 0 saturated carbocycles. The van der Waals surface area contributed by atoms with E-state index in [4.69, 9.17) is 4.74 Å². The second-order valence-electron chi connectivity index (χ2n) is 5.93. The van der Waals surface area contributed by atoms with Gasteiger partial charge in [0.15, 0.2) is 0 Å². The number of piperidine rings is 1. The van der Waals surface area contributed by atoms with Crippen LogP contribution in [0.3, 0.4) is 0 Å². The van der Waals surface area contributed by atoms with E-state index >= 15 is 0 Å². The Morgan fingerprint density at radius 2 is 2.10 bits per heavy atom. The Morgan fingerprint density at radius 3 is 2.81 bits per heavy atom. The molecule has 0 bridgehead atoms. The van der Waals surface area contributed by atoms with Crippen molar-refractivity contribution >= 4 is 28.3 Å². The van der Waals surface area contributed by atoms with Crippen LogP contribution in [-0.4, -0.2) is 38.2 Å². The van der Waals surface area contributed by atoms with Gasteiger partial charge in [0.05, 0.1) is 6.61 Å². The summed E-state index contributed by atoms with van der Waals surface area (Å²) in [6.07, 6.45) is 3.65. The summed E-state index contributed by atoms with van der Waals surface area (Å²) >= 11 is 3.63. The molecule has 0 amide bonds. The highest BCUT2D eigenvalue weighted by atomic mass is 79.9. The molecule has 2 aliphatic rings. The summed E-state index contributed by atoms with van der Waals surface area (Å²) in [5, 5.41) is 3.30. The summed E-state index contributed by atoms with van der Waals surface area (Å²) in [5.74, 6) is 1.99. The number of nitrogens with zero attached hydrogens (tertiary/aromatic N) is 1. The van der Waals surface area contributed by atoms with E-state index in [1.54, 1.807) is 0 Å². The largest absolute Gasteiger partial charge is 0.493 e. The zero-order valence-electron chi connectivity index (χ0n) is 12.5. The second-order valence-corrected chi connectivity index (χ2v) is 6.84. The second kappa shape index (κ2) is 7.82. The van der Waals surface area contributed by atoms with Crippen molar-refractivity contribution in [1.82, 2.24) is 10.2 Å². The number of nitrogens with one attached hydrogen (secondary N) is 1. The molecule has 1 fully saturated rings. The maximum Gasteiger partial charge on any atom is 0.127 e. The van der Waals surface area contributed by atoms with Gasteiger partial charge in [-0.05, 0) is 63.1 Å². The lowest BCUT2D eigenvalue weighted by Gasteiger charge is -2.32. The van der Waals surface area contributed by atoms with Crippen LogP contribution in [0.25, 0.3) is 0 Å². The maximum absolute atomic E-state index is 5.83. The summed E-state index contributed by atoms with van der Waals surface area (Å²) in [6, 6.07) is 4.43. The fourth-order valence-corrected chi connectivity index (χ4v) is 3.89. The Labute approximate surface area is 142 Å². The number of ether oxygens (including phenoxy) is 1. The summed E-state index contributed by atoms with van der Waals surface area (Å²) in [5.41, 5.74) is 2.71. The fraction of sp³-hybridized carbons (Fsp3) is 0.625. The van der Waals surface area contributed by atoms with Crippen molar-refractivity contribution in [2.75, 3.05) is 33.3 Å². The van der Waals surface area contributed by atoms with E-state index in [2.05, 4.69) is 45.3 Å². The molecular weight excluding hydrogens is 352 g/mol. The van der Waals surface area contributed by atoms with E-state index in [-0.39, 0.29) is 12.4 Å². The van der Waals surface area contributed by atoms with E-state index in [1.807, 2.05) is 0 Å². The standard InChI is InChI=1S/C16H23BrN2O.ClH/c1-18-10-12-2-5-19(6-3-12)11-14-9-15(17)8-13-4-7-20-16(13)14;/h8-9,12,18H,2-7,10-11H2,1H3;1H. The van der Waals surface area contributed by atoms with Crippen molar-refractivity contribution in [3.63, 3.8) is 0 Å². The highest BCUT2D eigenvalue weighted by Crippen LogP contribution is 2.34. The van der Waals surface area contributed by atoms with E-state index in [1.165, 1.54) is 41.5 Å². The summed E-state index contributed by atoms with van der Waals surface area (Å²) in [4.78, 5) is 2.57. The number of rotatable bonds is 4. The van der Waals surface area contributed by atoms with E-state index in [0.29, 0.717) is 0 Å². The molecule has 1 N–H and O–H groups in total. The van der Waals surface area contributed by atoms with Crippen LogP contribution >= 0.6 is 28.3 Å². The van der Waals surface area contributed by atoms with Crippen molar-refractivity contribution in [2.24, 2.45) is 5.92 Å². The zero-order chi connectivity index (χ0) is 13.9. The van der Waals surface area contributed by atoms with Crippen LogP contribution in [0, 0.1) is 5.92 Å². The normalized spacial score (nSPS) is 19.0. The minimum absolute atomic E-state index is 0. The Kier molecular flexibility index (Phi) is 6.35. The van der Waals surface area contributed by atoms with Gasteiger partial charge in [-0.2, -0.15) is 0 Å². The third kappa shape index (κ3) is 4.13. The SMILES string of the molecule is CNCC1CCN(Cc2cc(Br)cc3c2OCC3)CC1.Cl. The van der Waals surface area contributed by atoms with Crippen LogP contribution in [0.2, 0.25) is 0 Å². The van der Waals surface area contributed by atoms with Crippen LogP contribution in [0.15, 0.2) is 16.6 Å². The molecule has 2 aliphatic heterocycles. The van der Waals surface area contributed by atoms with Gasteiger partial charge in [-0.25, -0.2) is 0 Å². The van der Waals surface area contributed by atoms with Crippen molar-refractivity contribution in [3.05, 3.63) is 27.7 Å². The average Bonchev–Trinajstić information content (AvgIpc) is 2.89. The first-order valence-corrected chi connectivity index (χ1v) is 8.36. The number of hydrogen-bond donors (Lipinski definition) is 1. The quantitative estimate of drug-likeness (QED) is 0.874. The molecule has 0 radical (unpaired) electrons. The molecule has 3 rings (SSSR count).